The van der Waals surface area contributed by atoms with Gasteiger partial charge in [0, 0.05) is 0 Å². The third-order valence-corrected chi connectivity index (χ3v) is 4.53. The van der Waals surface area contributed by atoms with E-state index in [0.29, 0.717) is 0 Å². The number of halogens is 2. The minimum absolute atomic E-state index is 0.826. The summed E-state index contributed by atoms with van der Waals surface area (Å²) in [5.41, 5.74) is 2.29. The van der Waals surface area contributed by atoms with Crippen molar-refractivity contribution in [1.29, 1.82) is 0 Å². The fourth-order valence-corrected chi connectivity index (χ4v) is 3.44. The number of hydrogen-bond acceptors (Lipinski definition) is 2. The van der Waals surface area contributed by atoms with Gasteiger partial charge in [0.1, 0.15) is 0 Å². The molecule has 0 heterocycles. The first-order chi connectivity index (χ1) is 9.47. The molecule has 2 nitrogen and oxygen atoms in total. The summed E-state index contributed by atoms with van der Waals surface area (Å²) < 4.78 is 15.1. The summed E-state index contributed by atoms with van der Waals surface area (Å²) in [4.78, 5) is 0. The second-order valence-electron chi connectivity index (χ2n) is 4.60. The Balaban J connectivity index is 2.67. The van der Waals surface area contributed by atoms with Gasteiger partial charge >= 0.3 is 155 Å². The Bertz CT molecular complexity index is 603. The number of ether oxygens (including phenoxy) is 2. The maximum absolute atomic E-state index is 5.39. The van der Waals surface area contributed by atoms with Crippen LogP contribution in [0.2, 0.25) is 0 Å². The van der Waals surface area contributed by atoms with Gasteiger partial charge in [0.15, 0.2) is 0 Å². The summed E-state index contributed by atoms with van der Waals surface area (Å²) >= 11 is 11.2. The average molecular weight is 384 g/mol. The van der Waals surface area contributed by atoms with E-state index in [1.165, 1.54) is 8.47 Å². The molecule has 2 aromatic carbocycles. The molecule has 0 saturated carbocycles. The quantitative estimate of drug-likeness (QED) is 0.758. The van der Waals surface area contributed by atoms with Crippen molar-refractivity contribution >= 4 is 75.8 Å². The van der Waals surface area contributed by atoms with Crippen LogP contribution in [0.15, 0.2) is 33.2 Å². The number of hydrogen-bond donors (Lipinski definition) is 0. The Morgan fingerprint density at radius 1 is 0.750 bits per heavy atom. The first-order valence-electron chi connectivity index (χ1n) is 6.16. The Morgan fingerprint density at radius 3 is 1.40 bits per heavy atom. The van der Waals surface area contributed by atoms with Crippen LogP contribution in [0.1, 0.15) is 0 Å². The van der Waals surface area contributed by atoms with E-state index in [4.69, 9.17) is 9.47 Å². The van der Waals surface area contributed by atoms with Gasteiger partial charge in [-0.2, -0.15) is 0 Å². The monoisotopic (exact) mass is 382 g/mol. The molecule has 0 unspecified atom stereocenters. The molecule has 2 aromatic rings. The van der Waals surface area contributed by atoms with E-state index < -0.39 is 0 Å². The van der Waals surface area contributed by atoms with Crippen LogP contribution >= 0.6 is 31.9 Å². The van der Waals surface area contributed by atoms with Gasteiger partial charge in [-0.25, -0.2) is 0 Å². The molecule has 0 saturated heterocycles. The topological polar surface area (TPSA) is 18.5 Å². The van der Waals surface area contributed by atoms with E-state index in [2.05, 4.69) is 91.6 Å². The Labute approximate surface area is 154 Å². The summed E-state index contributed by atoms with van der Waals surface area (Å²) in [7, 11) is 3.35. The SMILES string of the molecule is [Li][c]1cc(Br)c(OC)cc1-c1cc(OC)c(Br)c[c]1[Li]. The van der Waals surface area contributed by atoms with Gasteiger partial charge in [0.05, 0.1) is 0 Å². The van der Waals surface area contributed by atoms with E-state index in [1.54, 1.807) is 14.2 Å². The Kier molecular flexibility index (Phi) is 5.77. The standard InChI is InChI=1S/C14H10Br2O2.2Li/c1-17-13-7-9(3-5-11(13)15)10-4-6-12(16)14(8-10)18-2;;/h5-8H,1-2H3;;. The molecule has 6 heteroatoms. The minimum atomic E-state index is 0.826. The van der Waals surface area contributed by atoms with Gasteiger partial charge in [-0.3, -0.25) is 0 Å². The molecule has 0 N–H and O–H groups in total. The molecule has 0 aliphatic heterocycles. The van der Waals surface area contributed by atoms with Gasteiger partial charge in [-0.05, 0) is 0 Å². The molecule has 0 aliphatic rings. The zero-order valence-electron chi connectivity index (χ0n) is 11.9. The summed E-state index contributed by atoms with van der Waals surface area (Å²) in [6.45, 7) is 0. The second-order valence-corrected chi connectivity index (χ2v) is 6.31. The van der Waals surface area contributed by atoms with E-state index in [-0.39, 0.29) is 0 Å². The normalized spacial score (nSPS) is 10.6. The van der Waals surface area contributed by atoms with E-state index in [9.17, 15) is 0 Å². The number of methoxy groups -OCH3 is 2. The number of rotatable bonds is 3. The van der Waals surface area contributed by atoms with E-state index in [0.717, 1.165) is 31.6 Å². The van der Waals surface area contributed by atoms with Crippen LogP contribution in [0, 0.1) is 0 Å². The van der Waals surface area contributed by atoms with Crippen molar-refractivity contribution in [2.45, 2.75) is 0 Å². The van der Waals surface area contributed by atoms with Crippen molar-refractivity contribution in [3.63, 3.8) is 0 Å². The van der Waals surface area contributed by atoms with E-state index in [1.807, 2.05) is 0 Å². The third-order valence-electron chi connectivity index (χ3n) is 3.29. The van der Waals surface area contributed by atoms with Crippen LogP contribution in [-0.4, -0.2) is 49.6 Å². The molecule has 0 aromatic heterocycles. The third kappa shape index (κ3) is 3.33. The molecule has 0 spiro atoms. The molecule has 0 radical (unpaired) electrons. The average Bonchev–Trinajstić information content (AvgIpc) is 2.40. The second kappa shape index (κ2) is 6.97. The molecule has 0 fully saturated rings. The molecular formula is C14H10Br2Li2O2. The summed E-state index contributed by atoms with van der Waals surface area (Å²) in [5, 5.41) is 0. The molecule has 2 rings (SSSR count). The van der Waals surface area contributed by atoms with Crippen LogP contribution < -0.4 is 17.9 Å². The first-order valence-corrected chi connectivity index (χ1v) is 7.75. The first kappa shape index (κ1) is 16.6. The molecular weight excluding hydrogens is 374 g/mol. The Hall–Kier alpha value is 0.195. The van der Waals surface area contributed by atoms with Gasteiger partial charge in [0.25, 0.3) is 0 Å². The van der Waals surface area contributed by atoms with E-state index >= 15 is 0 Å². The van der Waals surface area contributed by atoms with Crippen molar-refractivity contribution in [3.05, 3.63) is 33.2 Å². The fourth-order valence-electron chi connectivity index (χ4n) is 2.20. The zero-order chi connectivity index (χ0) is 14.9. The molecule has 20 heavy (non-hydrogen) atoms. The Morgan fingerprint density at radius 2 is 1.10 bits per heavy atom. The van der Waals surface area contributed by atoms with Crippen LogP contribution in [0.25, 0.3) is 11.1 Å². The van der Waals surface area contributed by atoms with Crippen LogP contribution in [-0.2, 0) is 0 Å². The summed E-state index contributed by atoms with van der Waals surface area (Å²) in [6.07, 6.45) is 0. The molecule has 0 bridgehead atoms. The van der Waals surface area contributed by atoms with Crippen LogP contribution in [0.3, 0.4) is 0 Å². The van der Waals surface area contributed by atoms with Crippen molar-refractivity contribution in [3.8, 4) is 22.6 Å². The zero-order valence-corrected chi connectivity index (χ0v) is 15.1. The van der Waals surface area contributed by atoms with Crippen molar-refractivity contribution < 1.29 is 9.47 Å². The van der Waals surface area contributed by atoms with Crippen molar-refractivity contribution in [2.24, 2.45) is 0 Å². The molecule has 0 amide bonds. The number of benzene rings is 2. The van der Waals surface area contributed by atoms with Crippen LogP contribution in [0.5, 0.6) is 11.5 Å². The predicted molar refractivity (Wildman–Crippen MR) is 91.2 cm³/mol. The summed E-state index contributed by atoms with van der Waals surface area (Å²) in [5.74, 6) is 1.65. The molecule has 0 aliphatic carbocycles. The van der Waals surface area contributed by atoms with Crippen LogP contribution in [0.4, 0.5) is 0 Å². The summed E-state index contributed by atoms with van der Waals surface area (Å²) in [6, 6.07) is 8.24. The molecule has 0 atom stereocenters. The van der Waals surface area contributed by atoms with Gasteiger partial charge in [-0.1, -0.05) is 0 Å². The van der Waals surface area contributed by atoms with Gasteiger partial charge < -0.3 is 0 Å². The van der Waals surface area contributed by atoms with Gasteiger partial charge in [-0.15, -0.1) is 0 Å². The fraction of sp³-hybridized carbons (Fsp3) is 0.143. The molecule has 94 valence electrons. The van der Waals surface area contributed by atoms with Crippen molar-refractivity contribution in [1.82, 2.24) is 0 Å². The van der Waals surface area contributed by atoms with Crippen molar-refractivity contribution in [2.75, 3.05) is 14.2 Å². The maximum atomic E-state index is 5.39. The van der Waals surface area contributed by atoms with Gasteiger partial charge in [0.2, 0.25) is 0 Å². The predicted octanol–water partition coefficient (Wildman–Crippen LogP) is 2.48.